The van der Waals surface area contributed by atoms with Crippen LogP contribution >= 0.6 is 0 Å². The molecule has 5 atom stereocenters. The molecule has 0 bridgehead atoms. The van der Waals surface area contributed by atoms with Gasteiger partial charge in [0.05, 0.1) is 30.3 Å². The lowest BCUT2D eigenvalue weighted by atomic mass is 9.95. The zero-order valence-corrected chi connectivity index (χ0v) is 13.4. The van der Waals surface area contributed by atoms with Gasteiger partial charge in [0.2, 0.25) is 5.91 Å². The van der Waals surface area contributed by atoms with Crippen LogP contribution in [0.15, 0.2) is 24.3 Å². The monoisotopic (exact) mass is 359 g/mol. The van der Waals surface area contributed by atoms with Gasteiger partial charge in [0, 0.05) is 6.04 Å². The summed E-state index contributed by atoms with van der Waals surface area (Å²) in [5.74, 6) is -0.855. The van der Waals surface area contributed by atoms with E-state index in [0.717, 1.165) is 12.1 Å². The molecule has 1 amide bonds. The largest absolute Gasteiger partial charge is 0.416 e. The van der Waals surface area contributed by atoms with Gasteiger partial charge in [-0.2, -0.15) is 13.2 Å². The minimum atomic E-state index is -4.39. The molecule has 1 aromatic rings. The summed E-state index contributed by atoms with van der Waals surface area (Å²) >= 11 is 0. The van der Waals surface area contributed by atoms with Crippen molar-refractivity contribution in [3.63, 3.8) is 0 Å². The van der Waals surface area contributed by atoms with Crippen molar-refractivity contribution >= 4 is 5.91 Å². The zero-order chi connectivity index (χ0) is 18.4. The van der Waals surface area contributed by atoms with Crippen molar-refractivity contribution in [1.82, 2.24) is 21.1 Å². The summed E-state index contributed by atoms with van der Waals surface area (Å²) in [5.41, 5.74) is 8.73. The van der Waals surface area contributed by atoms with Crippen LogP contribution < -0.4 is 21.8 Å². The topological polar surface area (TPSA) is 103 Å². The summed E-state index contributed by atoms with van der Waals surface area (Å²) in [6.45, 7) is 1.54. The first-order valence-electron chi connectivity index (χ1n) is 7.87. The van der Waals surface area contributed by atoms with Crippen molar-refractivity contribution in [2.45, 2.75) is 37.6 Å². The van der Waals surface area contributed by atoms with Crippen LogP contribution in [0.4, 0.5) is 13.2 Å². The highest BCUT2D eigenvalue weighted by molar-refractivity contribution is 5.81. The molecule has 1 aromatic carbocycles. The van der Waals surface area contributed by atoms with E-state index in [1.165, 1.54) is 12.1 Å². The number of benzene rings is 1. The van der Waals surface area contributed by atoms with Crippen LogP contribution in [0.5, 0.6) is 0 Å². The van der Waals surface area contributed by atoms with Crippen LogP contribution in [0.25, 0.3) is 0 Å². The number of fused-ring (bicyclic) bond motifs is 1. The Hall–Kier alpha value is -1.72. The second-order valence-corrected chi connectivity index (χ2v) is 6.24. The van der Waals surface area contributed by atoms with Gasteiger partial charge in [0.15, 0.2) is 0 Å². The number of aliphatic hydroxyl groups is 1. The fourth-order valence-corrected chi connectivity index (χ4v) is 3.35. The number of nitrogens with two attached hydrogens (primary N) is 1. The average Bonchev–Trinajstić information content (AvgIpc) is 2.92. The number of hydrazine groups is 1. The second kappa shape index (κ2) is 6.54. The van der Waals surface area contributed by atoms with Gasteiger partial charge in [-0.25, -0.2) is 10.4 Å². The molecule has 0 spiro atoms. The molecule has 3 rings (SSSR count). The van der Waals surface area contributed by atoms with Crippen LogP contribution in [0.1, 0.15) is 24.1 Å². The molecule has 6 N–H and O–H groups in total. The lowest BCUT2D eigenvalue weighted by molar-refractivity contribution is -0.137. The summed E-state index contributed by atoms with van der Waals surface area (Å²) in [4.78, 5) is 12.2. The van der Waals surface area contributed by atoms with Crippen molar-refractivity contribution < 1.29 is 23.1 Å². The van der Waals surface area contributed by atoms with Crippen LogP contribution in [0, 0.1) is 5.92 Å². The van der Waals surface area contributed by atoms with E-state index in [2.05, 4.69) is 16.1 Å². The van der Waals surface area contributed by atoms with Gasteiger partial charge in [-0.3, -0.25) is 15.8 Å². The molecule has 25 heavy (non-hydrogen) atoms. The maximum atomic E-state index is 12.7. The Bertz CT molecular complexity index is 639. The Morgan fingerprint density at radius 2 is 1.96 bits per heavy atom. The number of rotatable bonds is 3. The predicted octanol–water partition coefficient (Wildman–Crippen LogP) is -0.148. The molecule has 2 aliphatic rings. The third-order valence-electron chi connectivity index (χ3n) is 4.67. The maximum Gasteiger partial charge on any atom is 0.416 e. The first kappa shape index (κ1) is 18.1. The number of aliphatic hydroxyl groups excluding tert-OH is 1. The number of hydrogen-bond acceptors (Lipinski definition) is 6. The zero-order valence-electron chi connectivity index (χ0n) is 13.4. The standard InChI is InChI=1S/C15H20F3N5O2/c1-7(8-2-4-9(5-3-8)15(16,17)18)23-12-11(10(6-24)22-23)13(25)21-14(19)20-12/h2-5,7,10-12,14,20,22,24H,6,19H2,1H3,(H,21,25)/t7-,10?,11?,12?,14?/m0/s1. The molecule has 0 saturated carbocycles. The Balaban J connectivity index is 1.83. The van der Waals surface area contributed by atoms with Crippen LogP contribution in [-0.4, -0.2) is 41.1 Å². The van der Waals surface area contributed by atoms with E-state index in [4.69, 9.17) is 5.73 Å². The van der Waals surface area contributed by atoms with Crippen molar-refractivity contribution in [1.29, 1.82) is 0 Å². The van der Waals surface area contributed by atoms with E-state index >= 15 is 0 Å². The van der Waals surface area contributed by atoms with Crippen molar-refractivity contribution in [3.8, 4) is 0 Å². The number of amides is 1. The number of nitrogens with zero attached hydrogens (tertiary/aromatic N) is 1. The first-order valence-corrected chi connectivity index (χ1v) is 7.87. The van der Waals surface area contributed by atoms with Crippen LogP contribution in [-0.2, 0) is 11.0 Å². The average molecular weight is 359 g/mol. The number of carbonyl (C=O) groups excluding carboxylic acids is 1. The summed E-state index contributed by atoms with van der Waals surface area (Å²) in [5, 5.41) is 16.8. The van der Waals surface area contributed by atoms with E-state index in [0.29, 0.717) is 5.56 Å². The van der Waals surface area contributed by atoms with Gasteiger partial charge in [-0.15, -0.1) is 0 Å². The summed E-state index contributed by atoms with van der Waals surface area (Å²) < 4.78 is 38.1. The molecule has 138 valence electrons. The van der Waals surface area contributed by atoms with E-state index < -0.39 is 36.2 Å². The van der Waals surface area contributed by atoms with Crippen molar-refractivity contribution in [3.05, 3.63) is 35.4 Å². The van der Waals surface area contributed by atoms with Gasteiger partial charge in [0.1, 0.15) is 6.29 Å². The molecule has 2 aliphatic heterocycles. The molecule has 0 aliphatic carbocycles. The summed E-state index contributed by atoms with van der Waals surface area (Å²) in [7, 11) is 0. The molecule has 10 heteroatoms. The highest BCUT2D eigenvalue weighted by Crippen LogP contribution is 2.33. The Morgan fingerprint density at radius 3 is 2.52 bits per heavy atom. The van der Waals surface area contributed by atoms with E-state index in [-0.39, 0.29) is 18.6 Å². The van der Waals surface area contributed by atoms with Crippen LogP contribution in [0.3, 0.4) is 0 Å². The summed E-state index contributed by atoms with van der Waals surface area (Å²) in [6, 6.07) is 3.99. The minimum absolute atomic E-state index is 0.262. The normalized spacial score (nSPS) is 31.5. The molecule has 2 heterocycles. The molecule has 2 fully saturated rings. The highest BCUT2D eigenvalue weighted by Gasteiger charge is 2.50. The molecular weight excluding hydrogens is 339 g/mol. The van der Waals surface area contributed by atoms with Gasteiger partial charge < -0.3 is 10.4 Å². The van der Waals surface area contributed by atoms with E-state index in [1.807, 2.05) is 0 Å². The van der Waals surface area contributed by atoms with Gasteiger partial charge in [-0.1, -0.05) is 12.1 Å². The fourth-order valence-electron chi connectivity index (χ4n) is 3.35. The third-order valence-corrected chi connectivity index (χ3v) is 4.67. The number of halogens is 3. The smallest absolute Gasteiger partial charge is 0.395 e. The second-order valence-electron chi connectivity index (χ2n) is 6.24. The number of alkyl halides is 3. The number of carbonyl (C=O) groups is 1. The van der Waals surface area contributed by atoms with E-state index in [9.17, 15) is 23.1 Å². The molecule has 4 unspecified atom stereocenters. The minimum Gasteiger partial charge on any atom is -0.395 e. The lowest BCUT2D eigenvalue weighted by Gasteiger charge is -2.37. The molecule has 2 saturated heterocycles. The number of nitrogens with one attached hydrogen (secondary N) is 3. The molecule has 0 aromatic heterocycles. The Kier molecular flexibility index (Phi) is 4.73. The molecular formula is C15H20F3N5O2. The highest BCUT2D eigenvalue weighted by atomic mass is 19.4. The fraction of sp³-hybridized carbons (Fsp3) is 0.533. The molecule has 0 radical (unpaired) electrons. The Morgan fingerprint density at radius 1 is 1.32 bits per heavy atom. The van der Waals surface area contributed by atoms with Crippen molar-refractivity contribution in [2.75, 3.05) is 6.61 Å². The third kappa shape index (κ3) is 3.35. The van der Waals surface area contributed by atoms with Gasteiger partial charge in [0.25, 0.3) is 0 Å². The maximum absolute atomic E-state index is 12.7. The SMILES string of the molecule is C[C@@H](c1ccc(C(F)(F)F)cc1)N1NC(CO)C2C(=O)NC(N)NC21. The van der Waals surface area contributed by atoms with Crippen LogP contribution in [0.2, 0.25) is 0 Å². The number of hydrogen-bond donors (Lipinski definition) is 5. The quantitative estimate of drug-likeness (QED) is 0.515. The van der Waals surface area contributed by atoms with E-state index in [1.54, 1.807) is 11.9 Å². The molecule has 7 nitrogen and oxygen atoms in total. The van der Waals surface area contributed by atoms with Crippen molar-refractivity contribution in [2.24, 2.45) is 11.7 Å². The van der Waals surface area contributed by atoms with Gasteiger partial charge >= 0.3 is 6.18 Å². The first-order chi connectivity index (χ1) is 11.7. The Labute approximate surface area is 142 Å². The summed E-state index contributed by atoms with van der Waals surface area (Å²) in [6.07, 6.45) is -5.62. The lowest BCUT2D eigenvalue weighted by Crippen LogP contribution is -2.67. The van der Waals surface area contributed by atoms with Gasteiger partial charge in [-0.05, 0) is 24.6 Å². The predicted molar refractivity (Wildman–Crippen MR) is 82.2 cm³/mol.